The molecular formula is C10H8O4S2. The lowest BCUT2D eigenvalue weighted by Crippen LogP contribution is -2.34. The molecular weight excluding hydrogens is 248 g/mol. The summed E-state index contributed by atoms with van der Waals surface area (Å²) < 4.78 is 5.25. The number of ketones is 2. The summed E-state index contributed by atoms with van der Waals surface area (Å²) in [5.74, 6) is -2.54. The predicted molar refractivity (Wildman–Crippen MR) is 59.9 cm³/mol. The molecule has 0 radical (unpaired) electrons. The third-order valence-electron chi connectivity index (χ3n) is 2.30. The maximum Gasteiger partial charge on any atom is 0.375 e. The van der Waals surface area contributed by atoms with E-state index >= 15 is 0 Å². The van der Waals surface area contributed by atoms with Crippen molar-refractivity contribution in [1.29, 1.82) is 0 Å². The van der Waals surface area contributed by atoms with Gasteiger partial charge in [-0.25, -0.2) is 4.79 Å². The van der Waals surface area contributed by atoms with Gasteiger partial charge in [0, 0.05) is 11.3 Å². The second kappa shape index (κ2) is 4.39. The SMILES string of the molecule is COC(=O)C(=O)C1CSc2sccc2C1=O. The molecule has 1 atom stereocenters. The van der Waals surface area contributed by atoms with Crippen LogP contribution in [-0.4, -0.2) is 30.4 Å². The van der Waals surface area contributed by atoms with Gasteiger partial charge in [0.25, 0.3) is 5.78 Å². The standard InChI is InChI=1S/C10H8O4S2/c1-14-9(13)8(12)6-4-16-10-5(7(6)11)2-3-15-10/h2-3,6H,4H2,1H3. The number of ether oxygens (including phenoxy) is 1. The Hall–Kier alpha value is -1.14. The lowest BCUT2D eigenvalue weighted by Gasteiger charge is -2.17. The largest absolute Gasteiger partial charge is 0.463 e. The number of thioether (sulfide) groups is 1. The molecule has 2 heterocycles. The van der Waals surface area contributed by atoms with Crippen LogP contribution in [0, 0.1) is 5.92 Å². The third kappa shape index (κ3) is 1.78. The minimum absolute atomic E-state index is 0.273. The van der Waals surface area contributed by atoms with Crippen molar-refractivity contribution in [3.63, 3.8) is 0 Å². The van der Waals surface area contributed by atoms with Crippen LogP contribution in [0.1, 0.15) is 10.4 Å². The topological polar surface area (TPSA) is 60.4 Å². The molecule has 0 bridgehead atoms. The van der Waals surface area contributed by atoms with Crippen molar-refractivity contribution < 1.29 is 19.1 Å². The molecule has 0 aromatic carbocycles. The molecule has 0 aliphatic carbocycles. The van der Waals surface area contributed by atoms with E-state index < -0.39 is 17.7 Å². The Morgan fingerprint density at radius 1 is 1.50 bits per heavy atom. The summed E-state index contributed by atoms with van der Waals surface area (Å²) in [4.78, 5) is 34.5. The van der Waals surface area contributed by atoms with E-state index in [0.717, 1.165) is 11.3 Å². The molecule has 1 aliphatic heterocycles. The smallest absolute Gasteiger partial charge is 0.375 e. The Bertz CT molecular complexity index is 463. The van der Waals surface area contributed by atoms with Crippen LogP contribution in [0.5, 0.6) is 0 Å². The molecule has 2 rings (SSSR count). The van der Waals surface area contributed by atoms with Gasteiger partial charge in [-0.05, 0) is 11.4 Å². The highest BCUT2D eigenvalue weighted by Gasteiger charge is 2.37. The van der Waals surface area contributed by atoms with Crippen LogP contribution < -0.4 is 0 Å². The van der Waals surface area contributed by atoms with E-state index in [0.29, 0.717) is 11.3 Å². The monoisotopic (exact) mass is 256 g/mol. The fraction of sp³-hybridized carbons (Fsp3) is 0.300. The van der Waals surface area contributed by atoms with Crippen LogP contribution in [-0.2, 0) is 14.3 Å². The molecule has 1 aliphatic rings. The summed E-state index contributed by atoms with van der Waals surface area (Å²) in [5.41, 5.74) is 0.545. The van der Waals surface area contributed by atoms with Gasteiger partial charge in [0.15, 0.2) is 5.78 Å². The average molecular weight is 256 g/mol. The lowest BCUT2D eigenvalue weighted by atomic mass is 9.96. The van der Waals surface area contributed by atoms with Crippen LogP contribution in [0.15, 0.2) is 15.7 Å². The van der Waals surface area contributed by atoms with Crippen LogP contribution in [0.3, 0.4) is 0 Å². The Labute approximate surface area is 100.0 Å². The summed E-state index contributed by atoms with van der Waals surface area (Å²) in [6.07, 6.45) is 0. The first-order valence-corrected chi connectivity index (χ1v) is 6.38. The first-order chi connectivity index (χ1) is 7.65. The highest BCUT2D eigenvalue weighted by atomic mass is 32.2. The Kier molecular flexibility index (Phi) is 3.11. The summed E-state index contributed by atoms with van der Waals surface area (Å²) in [5, 5.41) is 1.81. The second-order valence-electron chi connectivity index (χ2n) is 3.21. The van der Waals surface area contributed by atoms with Gasteiger partial charge in [0.2, 0.25) is 0 Å². The molecule has 0 saturated heterocycles. The molecule has 0 amide bonds. The molecule has 1 aromatic rings. The summed E-state index contributed by atoms with van der Waals surface area (Å²) in [6.45, 7) is 0. The van der Waals surface area contributed by atoms with E-state index in [1.165, 1.54) is 23.1 Å². The van der Waals surface area contributed by atoms with E-state index in [9.17, 15) is 14.4 Å². The Morgan fingerprint density at radius 2 is 2.25 bits per heavy atom. The predicted octanol–water partition coefficient (Wildman–Crippen LogP) is 1.39. The van der Waals surface area contributed by atoms with Crippen molar-refractivity contribution in [1.82, 2.24) is 0 Å². The number of Topliss-reactive ketones (excluding diaryl/α,β-unsaturated/α-hetero) is 2. The van der Waals surface area contributed by atoms with Crippen LogP contribution in [0.25, 0.3) is 0 Å². The van der Waals surface area contributed by atoms with E-state index in [-0.39, 0.29) is 5.78 Å². The van der Waals surface area contributed by atoms with Crippen molar-refractivity contribution in [3.05, 3.63) is 17.0 Å². The molecule has 1 aromatic heterocycles. The number of methoxy groups -OCH3 is 1. The zero-order valence-electron chi connectivity index (χ0n) is 8.39. The molecule has 1 unspecified atom stereocenters. The molecule has 16 heavy (non-hydrogen) atoms. The first kappa shape index (κ1) is 11.3. The first-order valence-electron chi connectivity index (χ1n) is 4.51. The Balaban J connectivity index is 2.25. The number of carbonyl (C=O) groups excluding carboxylic acids is 3. The van der Waals surface area contributed by atoms with Gasteiger partial charge in [-0.2, -0.15) is 0 Å². The van der Waals surface area contributed by atoms with Crippen molar-refractivity contribution in [2.24, 2.45) is 5.92 Å². The van der Waals surface area contributed by atoms with E-state index in [4.69, 9.17) is 0 Å². The number of thiophene rings is 1. The lowest BCUT2D eigenvalue weighted by molar-refractivity contribution is -0.152. The summed E-state index contributed by atoms with van der Waals surface area (Å²) in [7, 11) is 1.14. The zero-order chi connectivity index (χ0) is 11.7. The zero-order valence-corrected chi connectivity index (χ0v) is 10.0. The molecule has 84 valence electrons. The normalized spacial score (nSPS) is 19.1. The maximum atomic E-state index is 11.9. The number of fused-ring (bicyclic) bond motifs is 1. The van der Waals surface area contributed by atoms with Crippen molar-refractivity contribution in [3.8, 4) is 0 Å². The minimum Gasteiger partial charge on any atom is -0.463 e. The molecule has 0 spiro atoms. The van der Waals surface area contributed by atoms with Crippen molar-refractivity contribution in [2.75, 3.05) is 12.9 Å². The fourth-order valence-electron chi connectivity index (χ4n) is 1.45. The van der Waals surface area contributed by atoms with Crippen molar-refractivity contribution in [2.45, 2.75) is 4.21 Å². The summed E-state index contributed by atoms with van der Waals surface area (Å²) in [6, 6.07) is 1.69. The highest BCUT2D eigenvalue weighted by Crippen LogP contribution is 2.37. The highest BCUT2D eigenvalue weighted by molar-refractivity contribution is 8.01. The third-order valence-corrected chi connectivity index (χ3v) is 4.63. The van der Waals surface area contributed by atoms with Gasteiger partial charge in [-0.15, -0.1) is 23.1 Å². The molecule has 4 nitrogen and oxygen atoms in total. The van der Waals surface area contributed by atoms with E-state index in [2.05, 4.69) is 4.74 Å². The van der Waals surface area contributed by atoms with Crippen molar-refractivity contribution >= 4 is 40.6 Å². The molecule has 0 N–H and O–H groups in total. The summed E-state index contributed by atoms with van der Waals surface area (Å²) >= 11 is 2.90. The van der Waals surface area contributed by atoms with Gasteiger partial charge in [-0.1, -0.05) is 0 Å². The fourth-order valence-corrected chi connectivity index (χ4v) is 3.66. The van der Waals surface area contributed by atoms with E-state index in [1.54, 1.807) is 11.4 Å². The number of hydrogen-bond acceptors (Lipinski definition) is 6. The average Bonchev–Trinajstić information content (AvgIpc) is 2.76. The van der Waals surface area contributed by atoms with Crippen LogP contribution >= 0.6 is 23.1 Å². The van der Waals surface area contributed by atoms with Gasteiger partial charge in [0.1, 0.15) is 5.92 Å². The van der Waals surface area contributed by atoms with Crippen LogP contribution in [0.4, 0.5) is 0 Å². The number of carbonyl (C=O) groups is 3. The molecule has 0 saturated carbocycles. The quantitative estimate of drug-likeness (QED) is 0.454. The van der Waals surface area contributed by atoms with Gasteiger partial charge < -0.3 is 4.74 Å². The second-order valence-corrected chi connectivity index (χ2v) is 5.41. The minimum atomic E-state index is -0.947. The maximum absolute atomic E-state index is 11.9. The number of rotatable bonds is 2. The molecule has 6 heteroatoms. The van der Waals surface area contributed by atoms with E-state index in [1.807, 2.05) is 0 Å². The van der Waals surface area contributed by atoms with Crippen LogP contribution in [0.2, 0.25) is 0 Å². The van der Waals surface area contributed by atoms with Gasteiger partial charge >= 0.3 is 5.97 Å². The Morgan fingerprint density at radius 3 is 2.94 bits per heavy atom. The number of hydrogen-bond donors (Lipinski definition) is 0. The molecule has 0 fully saturated rings. The van der Waals surface area contributed by atoms with Gasteiger partial charge in [0.05, 0.1) is 11.3 Å². The number of esters is 1. The van der Waals surface area contributed by atoms with Gasteiger partial charge in [-0.3, -0.25) is 9.59 Å².